The van der Waals surface area contributed by atoms with Crippen molar-refractivity contribution < 1.29 is 0 Å². The van der Waals surface area contributed by atoms with Gasteiger partial charge in [0, 0.05) is 22.7 Å². The molecule has 2 aromatic rings. The van der Waals surface area contributed by atoms with Crippen LogP contribution in [-0.2, 0) is 0 Å². The zero-order valence-electron chi connectivity index (χ0n) is 13.2. The zero-order valence-corrected chi connectivity index (χ0v) is 14.7. The fourth-order valence-electron chi connectivity index (χ4n) is 2.39. The second kappa shape index (κ2) is 6.79. The molecule has 25 heavy (non-hydrogen) atoms. The minimum absolute atomic E-state index is 0.464. The van der Waals surface area contributed by atoms with Crippen molar-refractivity contribution in [2.45, 2.75) is 18.9 Å². The third kappa shape index (κ3) is 3.63. The molecule has 1 fully saturated rings. The Kier molecular flexibility index (Phi) is 4.35. The fourth-order valence-corrected chi connectivity index (χ4v) is 3.39. The van der Waals surface area contributed by atoms with Crippen molar-refractivity contribution in [1.29, 1.82) is 5.26 Å². The number of nitriles is 1. The van der Waals surface area contributed by atoms with Crippen LogP contribution in [0.15, 0.2) is 47.0 Å². The molecule has 4 rings (SSSR count). The highest BCUT2D eigenvalue weighted by Gasteiger charge is 2.23. The molecule has 1 aliphatic heterocycles. The predicted octanol–water partition coefficient (Wildman–Crippen LogP) is 4.23. The predicted molar refractivity (Wildman–Crippen MR) is 101 cm³/mol. The van der Waals surface area contributed by atoms with Crippen molar-refractivity contribution in [3.63, 3.8) is 0 Å². The Morgan fingerprint density at radius 3 is 2.80 bits per heavy atom. The van der Waals surface area contributed by atoms with E-state index in [1.54, 1.807) is 12.3 Å². The van der Waals surface area contributed by atoms with Crippen molar-refractivity contribution in [2.75, 3.05) is 5.32 Å². The van der Waals surface area contributed by atoms with E-state index in [0.29, 0.717) is 28.3 Å². The smallest absolute Gasteiger partial charge is 0.223 e. The van der Waals surface area contributed by atoms with Crippen LogP contribution in [0.3, 0.4) is 0 Å². The molecule has 0 radical (unpaired) electrons. The molecule has 1 saturated carbocycles. The first-order chi connectivity index (χ1) is 12.2. The summed E-state index contributed by atoms with van der Waals surface area (Å²) in [4.78, 5) is 8.71. The van der Waals surface area contributed by atoms with Crippen LogP contribution in [0.4, 0.5) is 5.95 Å². The molecular weight excluding hydrogens is 354 g/mol. The van der Waals surface area contributed by atoms with Gasteiger partial charge in [0.2, 0.25) is 5.95 Å². The lowest BCUT2D eigenvalue weighted by molar-refractivity contribution is 1.04. The van der Waals surface area contributed by atoms with Gasteiger partial charge < -0.3 is 10.6 Å². The first-order valence-electron chi connectivity index (χ1n) is 7.87. The Morgan fingerprint density at radius 2 is 2.08 bits per heavy atom. The standard InChI is InChI=1S/C18H14ClN5S/c19-12-3-1-11(2-4-12)16-10-25-17(23-16)14(9-20)15-7-8-21-18(24-15)22-13-5-6-13/h1-4,7-8,10,13,23H,5-6H2,(H,21,22,24)/b17-14-. The van der Waals surface area contributed by atoms with Crippen LogP contribution in [0.25, 0.3) is 11.3 Å². The van der Waals surface area contributed by atoms with E-state index < -0.39 is 0 Å². The molecule has 2 aliphatic rings. The maximum absolute atomic E-state index is 9.64. The molecule has 0 saturated heterocycles. The lowest BCUT2D eigenvalue weighted by Gasteiger charge is -2.08. The van der Waals surface area contributed by atoms with E-state index >= 15 is 0 Å². The van der Waals surface area contributed by atoms with E-state index in [-0.39, 0.29) is 0 Å². The molecule has 124 valence electrons. The van der Waals surface area contributed by atoms with Crippen LogP contribution < -0.4 is 10.6 Å². The van der Waals surface area contributed by atoms with E-state index in [9.17, 15) is 5.26 Å². The average molecular weight is 368 g/mol. The fraction of sp³-hybridized carbons (Fsp3) is 0.167. The summed E-state index contributed by atoms with van der Waals surface area (Å²) in [6.07, 6.45) is 3.97. The number of thioether (sulfide) groups is 1. The Balaban J connectivity index is 1.58. The van der Waals surface area contributed by atoms with E-state index in [2.05, 4.69) is 26.7 Å². The highest BCUT2D eigenvalue weighted by atomic mass is 35.5. The maximum atomic E-state index is 9.64. The molecule has 2 N–H and O–H groups in total. The summed E-state index contributed by atoms with van der Waals surface area (Å²) in [5.41, 5.74) is 3.07. The van der Waals surface area contributed by atoms with E-state index in [1.807, 2.05) is 29.7 Å². The summed E-state index contributed by atoms with van der Waals surface area (Å²) in [5, 5.41) is 19.6. The average Bonchev–Trinajstić information content (AvgIpc) is 3.31. The van der Waals surface area contributed by atoms with Crippen LogP contribution in [-0.4, -0.2) is 16.0 Å². The number of nitrogens with one attached hydrogen (secondary N) is 2. The molecule has 0 atom stereocenters. The first-order valence-corrected chi connectivity index (χ1v) is 9.13. The lowest BCUT2D eigenvalue weighted by atomic mass is 10.1. The maximum Gasteiger partial charge on any atom is 0.223 e. The molecule has 7 heteroatoms. The molecule has 5 nitrogen and oxygen atoms in total. The molecule has 1 aromatic heterocycles. The monoisotopic (exact) mass is 367 g/mol. The highest BCUT2D eigenvalue weighted by molar-refractivity contribution is 8.06. The van der Waals surface area contributed by atoms with Crippen LogP contribution in [0, 0.1) is 11.3 Å². The number of anilines is 1. The summed E-state index contributed by atoms with van der Waals surface area (Å²) in [6, 6.07) is 12.1. The number of rotatable bonds is 4. The second-order valence-electron chi connectivity index (χ2n) is 5.78. The molecule has 0 unspecified atom stereocenters. The number of halogens is 1. The largest absolute Gasteiger partial charge is 0.351 e. The van der Waals surface area contributed by atoms with Gasteiger partial charge in [0.25, 0.3) is 0 Å². The summed E-state index contributed by atoms with van der Waals surface area (Å²) in [6.45, 7) is 0. The minimum Gasteiger partial charge on any atom is -0.351 e. The van der Waals surface area contributed by atoms with Gasteiger partial charge in [-0.15, -0.1) is 0 Å². The Bertz CT molecular complexity index is 910. The lowest BCUT2D eigenvalue weighted by Crippen LogP contribution is -2.09. The van der Waals surface area contributed by atoms with Crippen LogP contribution in [0.1, 0.15) is 24.1 Å². The highest BCUT2D eigenvalue weighted by Crippen LogP contribution is 2.35. The van der Waals surface area contributed by atoms with Gasteiger partial charge in [-0.2, -0.15) is 5.26 Å². The molecule has 2 heterocycles. The Morgan fingerprint density at radius 1 is 1.28 bits per heavy atom. The molecule has 0 spiro atoms. The molecule has 1 aromatic carbocycles. The van der Waals surface area contributed by atoms with Gasteiger partial charge >= 0.3 is 0 Å². The van der Waals surface area contributed by atoms with Gasteiger partial charge in [0.05, 0.1) is 16.4 Å². The number of nitrogens with zero attached hydrogens (tertiary/aromatic N) is 3. The van der Waals surface area contributed by atoms with Gasteiger partial charge in [0.1, 0.15) is 11.6 Å². The summed E-state index contributed by atoms with van der Waals surface area (Å²) in [5.74, 6) is 0.572. The van der Waals surface area contributed by atoms with Gasteiger partial charge in [-0.3, -0.25) is 0 Å². The van der Waals surface area contributed by atoms with Crippen molar-refractivity contribution >= 4 is 40.6 Å². The second-order valence-corrected chi connectivity index (χ2v) is 7.10. The Labute approximate surface area is 154 Å². The van der Waals surface area contributed by atoms with Gasteiger partial charge in [-0.25, -0.2) is 9.97 Å². The third-order valence-corrected chi connectivity index (χ3v) is 5.01. The number of aromatic nitrogens is 2. The quantitative estimate of drug-likeness (QED) is 0.788. The molecule has 1 aliphatic carbocycles. The van der Waals surface area contributed by atoms with Crippen molar-refractivity contribution in [2.24, 2.45) is 0 Å². The van der Waals surface area contributed by atoms with E-state index in [4.69, 9.17) is 11.6 Å². The van der Waals surface area contributed by atoms with Crippen molar-refractivity contribution in [3.05, 3.63) is 63.2 Å². The summed E-state index contributed by atoms with van der Waals surface area (Å²) in [7, 11) is 0. The number of benzene rings is 1. The van der Waals surface area contributed by atoms with Crippen LogP contribution in [0.2, 0.25) is 5.02 Å². The number of hydrogen-bond acceptors (Lipinski definition) is 6. The van der Waals surface area contributed by atoms with Gasteiger partial charge in [-0.1, -0.05) is 35.5 Å². The van der Waals surface area contributed by atoms with Crippen molar-refractivity contribution in [1.82, 2.24) is 15.3 Å². The SMILES string of the molecule is N#C/C(=C1\NC(c2ccc(Cl)cc2)=CS1)c1ccnc(NC2CC2)n1. The van der Waals surface area contributed by atoms with E-state index in [1.165, 1.54) is 11.8 Å². The summed E-state index contributed by atoms with van der Waals surface area (Å²) >= 11 is 7.42. The molecule has 0 amide bonds. The zero-order chi connectivity index (χ0) is 17.2. The Hall–Kier alpha value is -2.49. The first kappa shape index (κ1) is 16.0. The van der Waals surface area contributed by atoms with Gasteiger partial charge in [0.15, 0.2) is 0 Å². The van der Waals surface area contributed by atoms with Gasteiger partial charge in [-0.05, 0) is 36.6 Å². The van der Waals surface area contributed by atoms with Crippen LogP contribution >= 0.6 is 23.4 Å². The minimum atomic E-state index is 0.464. The topological polar surface area (TPSA) is 73.6 Å². The van der Waals surface area contributed by atoms with E-state index in [0.717, 1.165) is 29.1 Å². The normalized spacial score (nSPS) is 18.2. The third-order valence-electron chi connectivity index (χ3n) is 3.86. The number of allylic oxidation sites excluding steroid dienone is 1. The number of hydrogen-bond donors (Lipinski definition) is 2. The van der Waals surface area contributed by atoms with Crippen LogP contribution in [0.5, 0.6) is 0 Å². The molecule has 0 bridgehead atoms. The van der Waals surface area contributed by atoms with Crippen molar-refractivity contribution in [3.8, 4) is 6.07 Å². The summed E-state index contributed by atoms with van der Waals surface area (Å²) < 4.78 is 0. The molecular formula is C18H14ClN5S.